The highest BCUT2D eigenvalue weighted by atomic mass is 35.5. The van der Waals surface area contributed by atoms with Crippen molar-refractivity contribution in [3.63, 3.8) is 0 Å². The van der Waals surface area contributed by atoms with Crippen LogP contribution in [-0.4, -0.2) is 115 Å². The maximum absolute atomic E-state index is 12.8. The van der Waals surface area contributed by atoms with Crippen molar-refractivity contribution < 1.29 is 64.2 Å². The van der Waals surface area contributed by atoms with Crippen LogP contribution in [0, 0.1) is 11.8 Å². The van der Waals surface area contributed by atoms with Gasteiger partial charge in [-0.05, 0) is 18.2 Å². The number of fused-ring (bicyclic) bond motifs is 2. The number of esters is 1. The molecule has 4 saturated heterocycles. The first-order chi connectivity index (χ1) is 17.0. The number of phenols is 2. The summed E-state index contributed by atoms with van der Waals surface area (Å²) in [5.74, 6) is -3.31. The van der Waals surface area contributed by atoms with Gasteiger partial charge in [0, 0.05) is 18.3 Å². The summed E-state index contributed by atoms with van der Waals surface area (Å²) in [6, 6.07) is 3.42. The highest BCUT2D eigenvalue weighted by Gasteiger charge is 2.68. The molecule has 13 nitrogen and oxygen atoms in total. The van der Waals surface area contributed by atoms with Crippen LogP contribution in [0.25, 0.3) is 0 Å². The van der Waals surface area contributed by atoms with E-state index in [0.717, 1.165) is 12.1 Å². The molecule has 36 heavy (non-hydrogen) atoms. The van der Waals surface area contributed by atoms with Gasteiger partial charge in [0.25, 0.3) is 0 Å². The Balaban J connectivity index is 1.38. The van der Waals surface area contributed by atoms with Gasteiger partial charge in [-0.3, -0.25) is 0 Å². The molecule has 5 aliphatic rings. The van der Waals surface area contributed by atoms with Gasteiger partial charge in [0.05, 0.1) is 18.8 Å². The molecule has 4 aliphatic heterocycles. The third-order valence-corrected chi connectivity index (χ3v) is 7.97. The number of phenolic OH excluding ortho intramolecular Hbond substituents is 2. The number of carbonyl (C=O) groups excluding carboxylic acids is 1. The monoisotopic (exact) mass is 534 g/mol. The van der Waals surface area contributed by atoms with Gasteiger partial charge in [0.15, 0.2) is 30.4 Å². The molecule has 4 bridgehead atoms. The standard InChI is InChI=1S/C22H27ClO13/c23-18-17(35-19(30)7-1-2-9(25)10(26)3-7)8-4-12-32-6-22(18,31)13(8)20(34-12)36-21-16(29)15(28)14(27)11(5-24)33-21/h1-3,8,11-18,20-21,24-29,31H,4-6H2/t8-,11-,12-,13-,14-,15+,16-,17+,18-,20?,21+,22-/m1/s1. The van der Waals surface area contributed by atoms with Crippen molar-refractivity contribution >= 4 is 17.6 Å². The topological polar surface area (TPSA) is 205 Å². The van der Waals surface area contributed by atoms with E-state index in [-0.39, 0.29) is 18.6 Å². The summed E-state index contributed by atoms with van der Waals surface area (Å²) >= 11 is 6.60. The van der Waals surface area contributed by atoms with E-state index in [4.69, 9.17) is 35.3 Å². The zero-order chi connectivity index (χ0) is 25.9. The molecule has 5 fully saturated rings. The first-order valence-electron chi connectivity index (χ1n) is 11.4. The van der Waals surface area contributed by atoms with Crippen LogP contribution in [0.2, 0.25) is 0 Å². The molecule has 0 radical (unpaired) electrons. The van der Waals surface area contributed by atoms with E-state index < -0.39 is 96.3 Å². The smallest absolute Gasteiger partial charge is 0.338 e. The molecule has 4 heterocycles. The van der Waals surface area contributed by atoms with Gasteiger partial charge in [-0.1, -0.05) is 0 Å². The van der Waals surface area contributed by atoms with Crippen LogP contribution in [0.4, 0.5) is 0 Å². The summed E-state index contributed by atoms with van der Waals surface area (Å²) in [7, 11) is 0. The fraction of sp³-hybridized carbons (Fsp3) is 0.682. The summed E-state index contributed by atoms with van der Waals surface area (Å²) < 4.78 is 28.3. The molecular weight excluding hydrogens is 508 g/mol. The fourth-order valence-corrected chi connectivity index (χ4v) is 5.86. The number of halogens is 1. The molecule has 1 aliphatic carbocycles. The van der Waals surface area contributed by atoms with E-state index in [1.807, 2.05) is 0 Å². The lowest BCUT2D eigenvalue weighted by Gasteiger charge is -2.44. The minimum atomic E-state index is -1.79. The van der Waals surface area contributed by atoms with Crippen LogP contribution in [-0.2, 0) is 23.7 Å². The average molecular weight is 535 g/mol. The van der Waals surface area contributed by atoms with Gasteiger partial charge in [0.1, 0.15) is 41.5 Å². The summed E-state index contributed by atoms with van der Waals surface area (Å²) in [6.07, 6.45) is -10.8. The Bertz CT molecular complexity index is 993. The fourth-order valence-electron chi connectivity index (χ4n) is 5.42. The molecule has 1 unspecified atom stereocenters. The Labute approximate surface area is 209 Å². The number of hydrogen-bond acceptors (Lipinski definition) is 13. The van der Waals surface area contributed by atoms with Gasteiger partial charge in [0.2, 0.25) is 0 Å². The number of ether oxygens (including phenoxy) is 5. The van der Waals surface area contributed by atoms with Crippen molar-refractivity contribution in [2.75, 3.05) is 13.2 Å². The third-order valence-electron chi connectivity index (χ3n) is 7.34. The summed E-state index contributed by atoms with van der Waals surface area (Å²) in [4.78, 5) is 12.8. The van der Waals surface area contributed by atoms with Crippen molar-refractivity contribution in [1.82, 2.24) is 0 Å². The van der Waals surface area contributed by atoms with Crippen LogP contribution in [0.3, 0.4) is 0 Å². The lowest BCUT2D eigenvalue weighted by atomic mass is 9.83. The number of hydrogen-bond donors (Lipinski definition) is 7. The Morgan fingerprint density at radius 2 is 1.83 bits per heavy atom. The van der Waals surface area contributed by atoms with Gasteiger partial charge in [-0.2, -0.15) is 0 Å². The second kappa shape index (κ2) is 9.51. The zero-order valence-electron chi connectivity index (χ0n) is 18.7. The Morgan fingerprint density at radius 1 is 1.08 bits per heavy atom. The number of benzene rings is 1. The van der Waals surface area contributed by atoms with Gasteiger partial charge >= 0.3 is 5.97 Å². The molecule has 1 aromatic rings. The van der Waals surface area contributed by atoms with Crippen molar-refractivity contribution in [1.29, 1.82) is 0 Å². The molecule has 6 rings (SSSR count). The molecule has 200 valence electrons. The molecule has 1 saturated carbocycles. The van der Waals surface area contributed by atoms with Crippen molar-refractivity contribution in [2.45, 2.75) is 66.8 Å². The highest BCUT2D eigenvalue weighted by molar-refractivity contribution is 6.22. The predicted molar refractivity (Wildman–Crippen MR) is 115 cm³/mol. The number of rotatable bonds is 5. The maximum Gasteiger partial charge on any atom is 0.338 e. The number of aromatic hydroxyl groups is 2. The average Bonchev–Trinajstić information content (AvgIpc) is 2.97. The minimum absolute atomic E-state index is 0.0489. The number of carbonyl (C=O) groups is 1. The van der Waals surface area contributed by atoms with E-state index in [0.29, 0.717) is 0 Å². The Kier molecular flexibility index (Phi) is 6.83. The Morgan fingerprint density at radius 3 is 2.53 bits per heavy atom. The lowest BCUT2D eigenvalue weighted by Crippen LogP contribution is -2.61. The third kappa shape index (κ3) is 4.13. The van der Waals surface area contributed by atoms with E-state index in [1.54, 1.807) is 0 Å². The largest absolute Gasteiger partial charge is 0.504 e. The van der Waals surface area contributed by atoms with Crippen molar-refractivity contribution in [3.05, 3.63) is 23.8 Å². The normalized spacial score (nSPS) is 45.9. The molecule has 12 atom stereocenters. The first-order valence-corrected chi connectivity index (χ1v) is 11.8. The van der Waals surface area contributed by atoms with Crippen LogP contribution >= 0.6 is 11.6 Å². The molecule has 0 aromatic heterocycles. The number of alkyl halides is 1. The van der Waals surface area contributed by atoms with E-state index in [1.165, 1.54) is 6.07 Å². The SMILES string of the molecule is O=C(O[C@H]1[C@@H]2C[C@@H]3OC[C@](O)([C@@H]1Cl)[C@H]2C(O[C@@H]1O[C@H](CO)[C@@H](O)[C@H](O)[C@H]1O)O3)c1ccc(O)c(O)c1. The molecular formula is C22H27ClO13. The van der Waals surface area contributed by atoms with Gasteiger partial charge < -0.3 is 59.4 Å². The van der Waals surface area contributed by atoms with E-state index >= 15 is 0 Å². The van der Waals surface area contributed by atoms with Crippen LogP contribution in [0.5, 0.6) is 11.5 Å². The molecule has 7 N–H and O–H groups in total. The van der Waals surface area contributed by atoms with Crippen LogP contribution in [0.1, 0.15) is 16.8 Å². The second-order valence-corrected chi connectivity index (χ2v) is 9.94. The first kappa shape index (κ1) is 25.9. The molecule has 0 spiro atoms. The highest BCUT2D eigenvalue weighted by Crippen LogP contribution is 2.55. The molecule has 0 amide bonds. The predicted octanol–water partition coefficient (Wildman–Crippen LogP) is -1.87. The van der Waals surface area contributed by atoms with Crippen molar-refractivity contribution in [2.24, 2.45) is 11.8 Å². The molecule has 1 aromatic carbocycles. The van der Waals surface area contributed by atoms with Crippen LogP contribution in [0.15, 0.2) is 18.2 Å². The summed E-state index contributed by atoms with van der Waals surface area (Å²) in [5.41, 5.74) is -1.84. The minimum Gasteiger partial charge on any atom is -0.504 e. The Hall–Kier alpha value is -1.78. The van der Waals surface area contributed by atoms with Gasteiger partial charge in [-0.25, -0.2) is 4.79 Å². The summed E-state index contributed by atoms with van der Waals surface area (Å²) in [5, 5.41) is 69.5. The van der Waals surface area contributed by atoms with E-state index in [2.05, 4.69) is 0 Å². The maximum atomic E-state index is 12.8. The quantitative estimate of drug-likeness (QED) is 0.126. The van der Waals surface area contributed by atoms with E-state index in [9.17, 15) is 40.5 Å². The van der Waals surface area contributed by atoms with Crippen LogP contribution < -0.4 is 0 Å². The lowest BCUT2D eigenvalue weighted by molar-refractivity contribution is -0.370. The van der Waals surface area contributed by atoms with Crippen molar-refractivity contribution in [3.8, 4) is 11.5 Å². The number of aliphatic hydroxyl groups is 5. The number of aliphatic hydroxyl groups excluding tert-OH is 4. The summed E-state index contributed by atoms with van der Waals surface area (Å²) in [6.45, 7) is -0.928. The zero-order valence-corrected chi connectivity index (χ0v) is 19.4. The molecule has 14 heteroatoms. The second-order valence-electron chi connectivity index (χ2n) is 9.47. The van der Waals surface area contributed by atoms with Gasteiger partial charge in [-0.15, -0.1) is 11.6 Å².